The van der Waals surface area contributed by atoms with Gasteiger partial charge >= 0.3 is 12.1 Å². The van der Waals surface area contributed by atoms with Crippen LogP contribution in [0.1, 0.15) is 113 Å². The van der Waals surface area contributed by atoms with E-state index in [9.17, 15) is 47.0 Å². The fraction of sp³-hybridized carbons (Fsp3) is 0.301. The Balaban J connectivity index is 0.000000139. The van der Waals surface area contributed by atoms with Crippen LogP contribution in [0, 0.1) is 0 Å². The van der Waals surface area contributed by atoms with Crippen molar-refractivity contribution in [1.82, 2.24) is 78.0 Å². The lowest BCUT2D eigenvalue weighted by atomic mass is 10.0. The number of para-hydroxylation sites is 2. The third-order valence-corrected chi connectivity index (χ3v) is 23.8. The molecule has 648 valence electrons. The molecule has 0 bridgehead atoms. The van der Waals surface area contributed by atoms with Crippen LogP contribution in [0.4, 0.5) is 36.4 Å². The molecule has 7 aromatic heterocycles. The Kier molecular flexibility index (Phi) is 25.1. The summed E-state index contributed by atoms with van der Waals surface area (Å²) in [6.07, 6.45) is 22.5. The summed E-state index contributed by atoms with van der Waals surface area (Å²) in [4.78, 5) is 119. The molecule has 6 fully saturated rings. The highest BCUT2D eigenvalue weighted by atomic mass is 19.4. The van der Waals surface area contributed by atoms with Crippen molar-refractivity contribution >= 4 is 91.9 Å². The number of pyridine rings is 1. The first-order valence-electron chi connectivity index (χ1n) is 41.9. The van der Waals surface area contributed by atoms with Gasteiger partial charge in [0.2, 0.25) is 17.7 Å². The fourth-order valence-corrected chi connectivity index (χ4v) is 16.7. The Labute approximate surface area is 723 Å². The molecule has 12 aromatic rings. The summed E-state index contributed by atoms with van der Waals surface area (Å²) in [5.41, 5.74) is 30.2. The van der Waals surface area contributed by atoms with Crippen molar-refractivity contribution in [3.63, 3.8) is 0 Å². The zero-order valence-corrected chi connectivity index (χ0v) is 69.7. The van der Waals surface area contributed by atoms with Crippen LogP contribution in [0.15, 0.2) is 213 Å². The van der Waals surface area contributed by atoms with E-state index in [1.807, 2.05) is 136 Å². The number of nitrogens with two attached hydrogens (primary N) is 4. The molecular weight excluding hydrogens is 1610 g/mol. The monoisotopic (exact) mass is 1710 g/mol. The normalized spacial score (nSPS) is 17.2. The first-order valence-corrected chi connectivity index (χ1v) is 41.9. The predicted octanol–water partition coefficient (Wildman–Crippen LogP) is 13.4. The van der Waals surface area contributed by atoms with Gasteiger partial charge in [-0.1, -0.05) is 91.0 Å². The van der Waals surface area contributed by atoms with E-state index >= 15 is 0 Å². The molecule has 126 heavy (non-hydrogen) atoms. The molecule has 3 aliphatic heterocycles. The van der Waals surface area contributed by atoms with Crippen LogP contribution < -0.4 is 37.7 Å². The number of nitrogens with zero attached hydrogens (tertiary/aromatic N) is 16. The number of benzene rings is 5. The third-order valence-electron chi connectivity index (χ3n) is 23.8. The number of alkyl halides is 3. The molecule has 0 radical (unpaired) electrons. The first kappa shape index (κ1) is 85.4. The van der Waals surface area contributed by atoms with E-state index in [-0.39, 0.29) is 64.6 Å². The van der Waals surface area contributed by atoms with E-state index in [1.165, 1.54) is 57.5 Å². The molecule has 30 nitrogen and oxygen atoms in total. The lowest BCUT2D eigenvalue weighted by Crippen LogP contribution is -2.29. The Bertz CT molecular complexity index is 5890. The quantitative estimate of drug-likeness (QED) is 0.0274. The maximum absolute atomic E-state index is 13.0. The smallest absolute Gasteiger partial charge is 0.416 e. The summed E-state index contributed by atoms with van der Waals surface area (Å²) in [5, 5.41) is 14.6. The maximum Gasteiger partial charge on any atom is 0.416 e. The van der Waals surface area contributed by atoms with Crippen LogP contribution in [0.25, 0.3) is 66.5 Å². The van der Waals surface area contributed by atoms with Crippen molar-refractivity contribution in [2.45, 2.75) is 100 Å². The second-order valence-electron chi connectivity index (χ2n) is 32.4. The van der Waals surface area contributed by atoms with Crippen molar-refractivity contribution in [2.24, 2.45) is 5.73 Å². The van der Waals surface area contributed by atoms with E-state index in [4.69, 9.17) is 32.4 Å². The van der Waals surface area contributed by atoms with Gasteiger partial charge in [0, 0.05) is 130 Å². The number of nitrogens with one attached hydrogen (secondary N) is 1. The number of fused-ring (bicyclic) bond motifs is 3. The number of carbonyl (C=O) groups excluding carboxylic acids is 5. The number of nitrogen functional groups attached to an aromatic ring is 3. The van der Waals surface area contributed by atoms with Crippen LogP contribution in [-0.2, 0) is 20.6 Å². The molecule has 6 aliphatic rings. The van der Waals surface area contributed by atoms with Crippen LogP contribution >= 0.6 is 0 Å². The standard InChI is InChI=1S/C31H31F3N8O2.C31H33N7O3.C31H32N6O4/c1-40(22-8-9-22)13-2-3-26(43)41-14-11-23(16-41)42-17-24(27-28(35)37-18-38-29(27)42)19-4-6-20(7-5-19)30(44)39-25-15-21(10-12-36-25)31(32,33)34;1-36(21-11-12-21)16-5-8-25(39)37-17-15-22(18-37)38-28(30(33)40)26(27-29(32)34-19-35-31(27)38)20-9-13-24(14-10-20)41-23-6-3-2-4-7-23;1-35(21-11-12-21)16-5-8-25(38)36-17-15-22(18-36)37-28(31(39)40)26(27-29(32)33-19-34-30(27)37)20-9-13-24(14-10-20)41-23-6-3-2-4-7-23/h2-7,10,12,15,17-18,22-23H,8-9,11,13-14,16H2,1H3,(H2,35,37,38)(H,36,39,44);2-10,13-14,19,21-22H,11-12,15-18H2,1H3,(H2,33,40)(H2,32,34,35);2-10,13-14,19,21-22H,11-12,15-18H2,1H3,(H,39,40)(H2,32,33,34)/b3-2+;2*8-5+/t23-;2*22-/m111/s1. The number of anilines is 4. The molecule has 3 saturated carbocycles. The number of amides is 5. The molecule has 3 aliphatic carbocycles. The zero-order valence-electron chi connectivity index (χ0n) is 69.7. The fourth-order valence-electron chi connectivity index (χ4n) is 16.7. The van der Waals surface area contributed by atoms with Gasteiger partial charge in [-0.25, -0.2) is 39.7 Å². The average Bonchev–Trinajstić information content (AvgIpc) is 1.58. The molecule has 0 spiro atoms. The molecule has 3 saturated heterocycles. The molecule has 5 amide bonds. The van der Waals surface area contributed by atoms with Crippen molar-refractivity contribution in [2.75, 3.05) is 103 Å². The van der Waals surface area contributed by atoms with Gasteiger partial charge in [0.15, 0.2) is 0 Å². The van der Waals surface area contributed by atoms with Gasteiger partial charge in [-0.15, -0.1) is 0 Å². The number of likely N-dealkylation sites (N-methyl/N-ethyl adjacent to an activating group) is 3. The number of carboxylic acid groups (broad SMARTS) is 1. The Morgan fingerprint density at radius 3 is 1.31 bits per heavy atom. The van der Waals surface area contributed by atoms with E-state index < -0.39 is 29.5 Å². The van der Waals surface area contributed by atoms with Gasteiger partial charge < -0.3 is 71.2 Å². The number of carboxylic acids is 1. The van der Waals surface area contributed by atoms with Gasteiger partial charge in [0.1, 0.15) is 93.6 Å². The topological polar surface area (TPSA) is 382 Å². The Hall–Kier alpha value is -14.2. The highest BCUT2D eigenvalue weighted by Crippen LogP contribution is 2.45. The molecule has 3 atom stereocenters. The van der Waals surface area contributed by atoms with Crippen LogP contribution in [0.2, 0.25) is 0 Å². The van der Waals surface area contributed by atoms with E-state index in [0.29, 0.717) is 149 Å². The number of carbonyl (C=O) groups is 6. The second kappa shape index (κ2) is 37.1. The number of hydrogen-bond acceptors (Lipinski definition) is 21. The molecular formula is C93H96F3N21O9. The number of halogens is 3. The molecule has 33 heteroatoms. The number of primary amides is 1. The SMILES string of the molecule is CN(C/C=C/C(=O)N1CC[C@@H](n2c(C(=O)O)c(-c3ccc(Oc4ccccc4)cc3)c3c(N)ncnc32)C1)C1CC1.CN(C/C=C/C(=O)N1CC[C@@H](n2c(C(N)=O)c(-c3ccc(Oc4ccccc4)cc3)c3c(N)ncnc32)C1)C1CC1.CN(C/C=C/C(=O)N1CC[C@@H](n2cc(-c3ccc(C(=O)Nc4cc(C(F)(F)F)ccn4)cc3)c3c(N)ncnc32)C1)C1CC1. The summed E-state index contributed by atoms with van der Waals surface area (Å²) < 4.78 is 56.6. The van der Waals surface area contributed by atoms with Gasteiger partial charge in [-0.3, -0.25) is 38.7 Å². The van der Waals surface area contributed by atoms with Crippen molar-refractivity contribution in [1.29, 1.82) is 0 Å². The average molecular weight is 1710 g/mol. The number of aromatic nitrogens is 10. The van der Waals surface area contributed by atoms with Crippen molar-refractivity contribution < 1.29 is 56.5 Å². The molecule has 5 aromatic carbocycles. The zero-order chi connectivity index (χ0) is 88.0. The number of likely N-dealkylation sites (tertiary alicyclic amines) is 3. The van der Waals surface area contributed by atoms with Gasteiger partial charge in [0.25, 0.3) is 11.8 Å². The maximum atomic E-state index is 13.0. The molecule has 10 heterocycles. The Morgan fingerprint density at radius 2 is 0.881 bits per heavy atom. The first-order chi connectivity index (χ1) is 60.9. The predicted molar refractivity (Wildman–Crippen MR) is 473 cm³/mol. The van der Waals surface area contributed by atoms with Crippen LogP contribution in [0.5, 0.6) is 23.0 Å². The molecule has 18 rings (SSSR count). The summed E-state index contributed by atoms with van der Waals surface area (Å²) in [7, 11) is 6.22. The van der Waals surface area contributed by atoms with Crippen molar-refractivity contribution in [3.05, 3.63) is 236 Å². The summed E-state index contributed by atoms with van der Waals surface area (Å²) in [6.45, 7) is 5.25. The largest absolute Gasteiger partial charge is 0.477 e. The van der Waals surface area contributed by atoms with Crippen LogP contribution in [0.3, 0.4) is 0 Å². The summed E-state index contributed by atoms with van der Waals surface area (Å²) in [5.74, 6) is 0.796. The Morgan fingerprint density at radius 1 is 0.484 bits per heavy atom. The van der Waals surface area contributed by atoms with Gasteiger partial charge in [0.05, 0.1) is 39.8 Å². The van der Waals surface area contributed by atoms with E-state index in [0.717, 1.165) is 66.8 Å². The summed E-state index contributed by atoms with van der Waals surface area (Å²) in [6, 6.07) is 43.1. The number of aromatic carboxylic acids is 1. The number of hydrogen-bond donors (Lipinski definition) is 6. The minimum Gasteiger partial charge on any atom is -0.477 e. The van der Waals surface area contributed by atoms with E-state index in [1.54, 1.807) is 69.0 Å². The molecule has 0 unspecified atom stereocenters. The number of ether oxygens (including phenoxy) is 2. The molecule has 10 N–H and O–H groups in total. The highest BCUT2D eigenvalue weighted by molar-refractivity contribution is 6.13. The van der Waals surface area contributed by atoms with Gasteiger partial charge in [-0.05, 0) is 168 Å². The highest BCUT2D eigenvalue weighted by Gasteiger charge is 2.39. The second-order valence-corrected chi connectivity index (χ2v) is 32.4. The number of rotatable bonds is 26. The third kappa shape index (κ3) is 19.3. The van der Waals surface area contributed by atoms with Gasteiger partial charge in [-0.2, -0.15) is 13.2 Å². The summed E-state index contributed by atoms with van der Waals surface area (Å²) >= 11 is 0. The lowest BCUT2D eigenvalue weighted by molar-refractivity contribution is -0.137. The van der Waals surface area contributed by atoms with E-state index in [2.05, 4.69) is 76.0 Å². The minimum absolute atomic E-state index is 0.0166. The van der Waals surface area contributed by atoms with Crippen molar-refractivity contribution in [3.8, 4) is 56.4 Å². The lowest BCUT2D eigenvalue weighted by Gasteiger charge is -2.18. The minimum atomic E-state index is -4.55. The van der Waals surface area contributed by atoms with Crippen LogP contribution in [-0.4, -0.2) is 217 Å².